The number of ether oxygens (including phenoxy) is 1. The highest BCUT2D eigenvalue weighted by molar-refractivity contribution is 5.85. The fourth-order valence-corrected chi connectivity index (χ4v) is 1.83. The predicted octanol–water partition coefficient (Wildman–Crippen LogP) is 1.49. The normalized spacial score (nSPS) is 15.6. The zero-order chi connectivity index (χ0) is 14.3. The van der Waals surface area contributed by atoms with Gasteiger partial charge in [-0.2, -0.15) is 0 Å². The molecule has 3 N–H and O–H groups in total. The molecule has 4 nitrogen and oxygen atoms in total. The van der Waals surface area contributed by atoms with E-state index in [9.17, 15) is 4.79 Å². The van der Waals surface area contributed by atoms with Crippen molar-refractivity contribution in [2.24, 2.45) is 5.73 Å². The standard InChI is InChI=1S/C15H24N2O2/c1-4-15(2,19-3)14(18)17-13(11-16)10-12-8-6-5-7-9-12/h5-9,13H,4,10-11,16H2,1-3H3,(H,17,18). The smallest absolute Gasteiger partial charge is 0.252 e. The summed E-state index contributed by atoms with van der Waals surface area (Å²) >= 11 is 0. The Morgan fingerprint density at radius 1 is 1.42 bits per heavy atom. The van der Waals surface area contributed by atoms with Crippen LogP contribution in [0.1, 0.15) is 25.8 Å². The first kappa shape index (κ1) is 15.7. The Hall–Kier alpha value is -1.39. The molecule has 4 heteroatoms. The molecule has 19 heavy (non-hydrogen) atoms. The topological polar surface area (TPSA) is 64.3 Å². The Bertz CT molecular complexity index is 388. The van der Waals surface area contributed by atoms with E-state index in [0.29, 0.717) is 13.0 Å². The highest BCUT2D eigenvalue weighted by Crippen LogP contribution is 2.14. The summed E-state index contributed by atoms with van der Waals surface area (Å²) in [6, 6.07) is 9.93. The average Bonchev–Trinajstić information content (AvgIpc) is 2.46. The van der Waals surface area contributed by atoms with Gasteiger partial charge in [-0.15, -0.1) is 0 Å². The van der Waals surface area contributed by atoms with Crippen LogP contribution in [0.5, 0.6) is 0 Å². The number of carbonyl (C=O) groups excluding carboxylic acids is 1. The van der Waals surface area contributed by atoms with E-state index in [0.717, 1.165) is 12.0 Å². The molecule has 0 aliphatic carbocycles. The number of hydrogen-bond acceptors (Lipinski definition) is 3. The third kappa shape index (κ3) is 4.33. The first-order chi connectivity index (χ1) is 9.05. The Morgan fingerprint density at radius 2 is 2.05 bits per heavy atom. The van der Waals surface area contributed by atoms with Crippen LogP contribution in [0.15, 0.2) is 30.3 Å². The average molecular weight is 264 g/mol. The van der Waals surface area contributed by atoms with Crippen molar-refractivity contribution in [3.63, 3.8) is 0 Å². The molecule has 1 rings (SSSR count). The first-order valence-corrected chi connectivity index (χ1v) is 6.65. The molecule has 0 saturated heterocycles. The van der Waals surface area contributed by atoms with Crippen molar-refractivity contribution in [1.82, 2.24) is 5.32 Å². The molecule has 1 amide bonds. The monoisotopic (exact) mass is 264 g/mol. The van der Waals surface area contributed by atoms with Gasteiger partial charge in [-0.05, 0) is 25.3 Å². The predicted molar refractivity (Wildman–Crippen MR) is 76.8 cm³/mol. The van der Waals surface area contributed by atoms with Crippen LogP contribution in [-0.2, 0) is 16.0 Å². The maximum Gasteiger partial charge on any atom is 0.252 e. The van der Waals surface area contributed by atoms with Crippen LogP contribution >= 0.6 is 0 Å². The van der Waals surface area contributed by atoms with E-state index in [1.807, 2.05) is 37.3 Å². The molecule has 1 aromatic carbocycles. The minimum atomic E-state index is -0.788. The molecule has 0 aliphatic heterocycles. The lowest BCUT2D eigenvalue weighted by Gasteiger charge is -2.28. The van der Waals surface area contributed by atoms with E-state index < -0.39 is 5.60 Å². The molecule has 0 aliphatic rings. The van der Waals surface area contributed by atoms with E-state index >= 15 is 0 Å². The molecule has 0 bridgehead atoms. The van der Waals surface area contributed by atoms with Gasteiger partial charge in [0.2, 0.25) is 0 Å². The maximum atomic E-state index is 12.2. The maximum absolute atomic E-state index is 12.2. The molecule has 2 atom stereocenters. The lowest BCUT2D eigenvalue weighted by Crippen LogP contribution is -2.51. The highest BCUT2D eigenvalue weighted by Gasteiger charge is 2.32. The number of benzene rings is 1. The van der Waals surface area contributed by atoms with E-state index in [1.54, 1.807) is 14.0 Å². The summed E-state index contributed by atoms with van der Waals surface area (Å²) in [5.74, 6) is -0.108. The summed E-state index contributed by atoms with van der Waals surface area (Å²) in [5.41, 5.74) is 6.11. The number of methoxy groups -OCH3 is 1. The summed E-state index contributed by atoms with van der Waals surface area (Å²) < 4.78 is 5.29. The Kier molecular flexibility index (Phi) is 5.99. The van der Waals surface area contributed by atoms with Crippen molar-refractivity contribution in [3.8, 4) is 0 Å². The van der Waals surface area contributed by atoms with Crippen LogP contribution < -0.4 is 11.1 Å². The van der Waals surface area contributed by atoms with Crippen LogP contribution in [-0.4, -0.2) is 31.2 Å². The molecular formula is C15H24N2O2. The lowest BCUT2D eigenvalue weighted by molar-refractivity contribution is -0.142. The quantitative estimate of drug-likeness (QED) is 0.784. The Morgan fingerprint density at radius 3 is 2.53 bits per heavy atom. The van der Waals surface area contributed by atoms with Crippen LogP contribution in [0.25, 0.3) is 0 Å². The fraction of sp³-hybridized carbons (Fsp3) is 0.533. The van der Waals surface area contributed by atoms with Gasteiger partial charge in [-0.1, -0.05) is 37.3 Å². The SMILES string of the molecule is CCC(C)(OC)C(=O)NC(CN)Cc1ccccc1. The minimum absolute atomic E-state index is 0.0732. The number of carbonyl (C=O) groups is 1. The van der Waals surface area contributed by atoms with E-state index in [1.165, 1.54) is 0 Å². The molecule has 0 aromatic heterocycles. The molecule has 0 saturated carbocycles. The number of hydrogen-bond donors (Lipinski definition) is 2. The van der Waals surface area contributed by atoms with E-state index in [-0.39, 0.29) is 11.9 Å². The fourth-order valence-electron chi connectivity index (χ4n) is 1.83. The molecule has 0 fully saturated rings. The molecule has 0 radical (unpaired) electrons. The van der Waals surface area contributed by atoms with Gasteiger partial charge in [-0.3, -0.25) is 4.79 Å². The molecule has 106 valence electrons. The summed E-state index contributed by atoms with van der Waals surface area (Å²) in [6.45, 7) is 4.13. The van der Waals surface area contributed by atoms with Gasteiger partial charge in [-0.25, -0.2) is 0 Å². The van der Waals surface area contributed by atoms with Gasteiger partial charge >= 0.3 is 0 Å². The third-order valence-electron chi connectivity index (χ3n) is 3.55. The van der Waals surface area contributed by atoms with Gasteiger partial charge in [0.15, 0.2) is 0 Å². The van der Waals surface area contributed by atoms with Crippen molar-refractivity contribution in [2.45, 2.75) is 38.3 Å². The Balaban J connectivity index is 2.65. The van der Waals surface area contributed by atoms with Crippen molar-refractivity contribution < 1.29 is 9.53 Å². The van der Waals surface area contributed by atoms with Crippen LogP contribution in [0, 0.1) is 0 Å². The molecule has 2 unspecified atom stereocenters. The van der Waals surface area contributed by atoms with Gasteiger partial charge in [0.25, 0.3) is 5.91 Å². The molecular weight excluding hydrogens is 240 g/mol. The largest absolute Gasteiger partial charge is 0.369 e. The molecule has 0 spiro atoms. The minimum Gasteiger partial charge on any atom is -0.369 e. The van der Waals surface area contributed by atoms with Crippen molar-refractivity contribution in [2.75, 3.05) is 13.7 Å². The zero-order valence-corrected chi connectivity index (χ0v) is 12.0. The second-order valence-corrected chi connectivity index (χ2v) is 4.88. The van der Waals surface area contributed by atoms with Gasteiger partial charge in [0, 0.05) is 19.7 Å². The third-order valence-corrected chi connectivity index (χ3v) is 3.55. The number of rotatable bonds is 7. The van der Waals surface area contributed by atoms with Crippen molar-refractivity contribution in [3.05, 3.63) is 35.9 Å². The number of nitrogens with two attached hydrogens (primary N) is 1. The van der Waals surface area contributed by atoms with Crippen LogP contribution in [0.3, 0.4) is 0 Å². The zero-order valence-electron chi connectivity index (χ0n) is 12.0. The summed E-state index contributed by atoms with van der Waals surface area (Å²) in [7, 11) is 1.55. The highest BCUT2D eigenvalue weighted by atomic mass is 16.5. The van der Waals surface area contributed by atoms with E-state index in [4.69, 9.17) is 10.5 Å². The Labute approximate surface area is 115 Å². The van der Waals surface area contributed by atoms with Gasteiger partial charge < -0.3 is 15.8 Å². The van der Waals surface area contributed by atoms with Gasteiger partial charge in [0.05, 0.1) is 0 Å². The van der Waals surface area contributed by atoms with Crippen molar-refractivity contribution in [1.29, 1.82) is 0 Å². The second-order valence-electron chi connectivity index (χ2n) is 4.88. The number of nitrogens with one attached hydrogen (secondary N) is 1. The first-order valence-electron chi connectivity index (χ1n) is 6.65. The molecule has 1 aromatic rings. The summed E-state index contributed by atoms with van der Waals surface area (Å²) in [5, 5.41) is 2.97. The molecule has 0 heterocycles. The summed E-state index contributed by atoms with van der Waals surface area (Å²) in [4.78, 5) is 12.2. The van der Waals surface area contributed by atoms with Crippen LogP contribution in [0.2, 0.25) is 0 Å². The second kappa shape index (κ2) is 7.26. The number of amides is 1. The van der Waals surface area contributed by atoms with Crippen LogP contribution in [0.4, 0.5) is 0 Å². The van der Waals surface area contributed by atoms with E-state index in [2.05, 4.69) is 5.32 Å². The van der Waals surface area contributed by atoms with Crippen molar-refractivity contribution >= 4 is 5.91 Å². The summed E-state index contributed by atoms with van der Waals surface area (Å²) in [6.07, 6.45) is 1.35. The lowest BCUT2D eigenvalue weighted by atomic mass is 10.00. The van der Waals surface area contributed by atoms with Gasteiger partial charge in [0.1, 0.15) is 5.60 Å².